The molecule has 0 aliphatic carbocycles. The summed E-state index contributed by atoms with van der Waals surface area (Å²) in [6, 6.07) is 0.104. The van der Waals surface area contributed by atoms with E-state index in [1.807, 2.05) is 6.92 Å². The van der Waals surface area contributed by atoms with E-state index < -0.39 is 9.84 Å². The highest BCUT2D eigenvalue weighted by atomic mass is 32.2. The minimum Gasteiger partial charge on any atom is -0.328 e. The van der Waals surface area contributed by atoms with E-state index in [-0.39, 0.29) is 17.0 Å². The van der Waals surface area contributed by atoms with Gasteiger partial charge < -0.3 is 5.73 Å². The van der Waals surface area contributed by atoms with E-state index in [1.54, 1.807) is 13.8 Å². The highest BCUT2D eigenvalue weighted by Crippen LogP contribution is 2.05. The van der Waals surface area contributed by atoms with Crippen molar-refractivity contribution in [3.8, 4) is 0 Å². The summed E-state index contributed by atoms with van der Waals surface area (Å²) in [6.45, 7) is 5.31. The van der Waals surface area contributed by atoms with Crippen molar-refractivity contribution in [2.45, 2.75) is 44.9 Å². The minimum atomic E-state index is -2.85. The highest BCUT2D eigenvalue weighted by Gasteiger charge is 2.15. The van der Waals surface area contributed by atoms with Gasteiger partial charge in [-0.3, -0.25) is 0 Å². The van der Waals surface area contributed by atoms with Crippen LogP contribution in [0, 0.1) is 0 Å². The van der Waals surface area contributed by atoms with Gasteiger partial charge in [-0.25, -0.2) is 8.42 Å². The van der Waals surface area contributed by atoms with Crippen molar-refractivity contribution in [3.05, 3.63) is 0 Å². The van der Waals surface area contributed by atoms with Crippen molar-refractivity contribution in [3.63, 3.8) is 0 Å². The van der Waals surface area contributed by atoms with Crippen molar-refractivity contribution in [1.29, 1.82) is 0 Å². The van der Waals surface area contributed by atoms with Gasteiger partial charge in [-0.1, -0.05) is 0 Å². The second kappa shape index (κ2) is 4.82. The molecule has 0 saturated carbocycles. The Bertz CT molecular complexity index is 207. The van der Waals surface area contributed by atoms with E-state index in [0.717, 1.165) is 6.42 Å². The third-order valence-electron chi connectivity index (χ3n) is 1.81. The van der Waals surface area contributed by atoms with E-state index in [1.165, 1.54) is 0 Å². The van der Waals surface area contributed by atoms with Crippen LogP contribution in [0.1, 0.15) is 33.6 Å². The third-order valence-corrected chi connectivity index (χ3v) is 4.10. The molecule has 1 atom stereocenters. The number of rotatable bonds is 5. The summed E-state index contributed by atoms with van der Waals surface area (Å²) in [7, 11) is -2.85. The number of sulfone groups is 1. The fourth-order valence-electron chi connectivity index (χ4n) is 0.842. The molecular weight excluding hydrogens is 174 g/mol. The molecule has 0 rings (SSSR count). The van der Waals surface area contributed by atoms with Crippen LogP contribution >= 0.6 is 0 Å². The van der Waals surface area contributed by atoms with Crippen molar-refractivity contribution in [2.75, 3.05) is 5.75 Å². The van der Waals surface area contributed by atoms with E-state index in [9.17, 15) is 8.42 Å². The number of hydrogen-bond donors (Lipinski definition) is 1. The van der Waals surface area contributed by atoms with Crippen LogP contribution in [0.5, 0.6) is 0 Å². The predicted molar refractivity (Wildman–Crippen MR) is 51.8 cm³/mol. The van der Waals surface area contributed by atoms with Gasteiger partial charge in [0.15, 0.2) is 9.84 Å². The van der Waals surface area contributed by atoms with E-state index in [0.29, 0.717) is 6.42 Å². The summed E-state index contributed by atoms with van der Waals surface area (Å²) in [5.74, 6) is 0.270. The smallest absolute Gasteiger partial charge is 0.152 e. The van der Waals surface area contributed by atoms with Crippen LogP contribution in [0.2, 0.25) is 0 Å². The highest BCUT2D eigenvalue weighted by molar-refractivity contribution is 7.91. The molecule has 0 aromatic heterocycles. The maximum atomic E-state index is 11.3. The average molecular weight is 193 g/mol. The molecule has 0 radical (unpaired) electrons. The Kier molecular flexibility index (Phi) is 4.78. The molecule has 0 amide bonds. The number of hydrogen-bond acceptors (Lipinski definition) is 3. The van der Waals surface area contributed by atoms with Gasteiger partial charge in [-0.15, -0.1) is 0 Å². The summed E-state index contributed by atoms with van der Waals surface area (Å²) in [5, 5.41) is -0.259. The maximum Gasteiger partial charge on any atom is 0.152 e. The van der Waals surface area contributed by atoms with Crippen molar-refractivity contribution < 1.29 is 8.42 Å². The molecule has 0 fully saturated rings. The van der Waals surface area contributed by atoms with E-state index in [4.69, 9.17) is 5.73 Å². The topological polar surface area (TPSA) is 60.2 Å². The van der Waals surface area contributed by atoms with Crippen LogP contribution in [-0.4, -0.2) is 25.5 Å². The summed E-state index contributed by atoms with van der Waals surface area (Å²) in [4.78, 5) is 0. The molecule has 0 bridgehead atoms. The van der Waals surface area contributed by atoms with Gasteiger partial charge in [-0.05, 0) is 33.6 Å². The van der Waals surface area contributed by atoms with Crippen LogP contribution in [-0.2, 0) is 9.84 Å². The summed E-state index contributed by atoms with van der Waals surface area (Å²) < 4.78 is 22.5. The standard InChI is InChI=1S/C8H19NO2S/c1-7(2)12(10,11)6-4-5-8(3)9/h7-8H,4-6,9H2,1-3H3. The molecule has 0 aliphatic rings. The lowest BCUT2D eigenvalue weighted by Gasteiger charge is -2.08. The van der Waals surface area contributed by atoms with Gasteiger partial charge in [0.25, 0.3) is 0 Å². The summed E-state index contributed by atoms with van der Waals surface area (Å²) in [6.07, 6.45) is 1.46. The Labute approximate surface area is 75.3 Å². The predicted octanol–water partition coefficient (Wildman–Crippen LogP) is 0.937. The molecule has 0 saturated heterocycles. The molecule has 74 valence electrons. The molecule has 1 unspecified atom stereocenters. The lowest BCUT2D eigenvalue weighted by Crippen LogP contribution is -2.20. The van der Waals surface area contributed by atoms with Gasteiger partial charge >= 0.3 is 0 Å². The largest absolute Gasteiger partial charge is 0.328 e. The van der Waals surface area contributed by atoms with Gasteiger partial charge in [-0.2, -0.15) is 0 Å². The molecular formula is C8H19NO2S. The average Bonchev–Trinajstić information content (AvgIpc) is 1.85. The molecule has 4 heteroatoms. The third kappa shape index (κ3) is 4.72. The zero-order valence-corrected chi connectivity index (χ0v) is 8.89. The van der Waals surface area contributed by atoms with Gasteiger partial charge in [0.2, 0.25) is 0 Å². The fourth-order valence-corrected chi connectivity index (χ4v) is 1.88. The first kappa shape index (κ1) is 11.9. The van der Waals surface area contributed by atoms with Gasteiger partial charge in [0, 0.05) is 6.04 Å². The Morgan fingerprint density at radius 1 is 1.25 bits per heavy atom. The second-order valence-electron chi connectivity index (χ2n) is 3.54. The molecule has 0 aromatic rings. The molecule has 0 spiro atoms. The SMILES string of the molecule is CC(N)CCCS(=O)(=O)C(C)C. The Morgan fingerprint density at radius 3 is 2.08 bits per heavy atom. The minimum absolute atomic E-state index is 0.104. The first-order chi connectivity index (χ1) is 5.36. The van der Waals surface area contributed by atoms with Gasteiger partial charge in [0.1, 0.15) is 0 Å². The van der Waals surface area contributed by atoms with Crippen LogP contribution in [0.15, 0.2) is 0 Å². The van der Waals surface area contributed by atoms with E-state index >= 15 is 0 Å². The van der Waals surface area contributed by atoms with Crippen LogP contribution in [0.3, 0.4) is 0 Å². The van der Waals surface area contributed by atoms with Crippen LogP contribution in [0.4, 0.5) is 0 Å². The maximum absolute atomic E-state index is 11.3. The normalized spacial score (nSPS) is 15.1. The lowest BCUT2D eigenvalue weighted by molar-refractivity contribution is 0.577. The van der Waals surface area contributed by atoms with Gasteiger partial charge in [0.05, 0.1) is 11.0 Å². The molecule has 12 heavy (non-hydrogen) atoms. The first-order valence-corrected chi connectivity index (χ1v) is 6.05. The zero-order chi connectivity index (χ0) is 9.78. The van der Waals surface area contributed by atoms with Crippen molar-refractivity contribution in [2.24, 2.45) is 5.73 Å². The monoisotopic (exact) mass is 193 g/mol. The van der Waals surface area contributed by atoms with Crippen LogP contribution in [0.25, 0.3) is 0 Å². The van der Waals surface area contributed by atoms with Crippen molar-refractivity contribution in [1.82, 2.24) is 0 Å². The summed E-state index contributed by atoms with van der Waals surface area (Å²) >= 11 is 0. The Morgan fingerprint density at radius 2 is 1.75 bits per heavy atom. The fraction of sp³-hybridized carbons (Fsp3) is 1.00. The quantitative estimate of drug-likeness (QED) is 0.707. The molecule has 0 aliphatic heterocycles. The van der Waals surface area contributed by atoms with Crippen LogP contribution < -0.4 is 5.73 Å². The Hall–Kier alpha value is -0.0900. The lowest BCUT2D eigenvalue weighted by atomic mass is 10.2. The first-order valence-electron chi connectivity index (χ1n) is 4.33. The molecule has 2 N–H and O–H groups in total. The Balaban J connectivity index is 3.79. The van der Waals surface area contributed by atoms with Crippen molar-refractivity contribution >= 4 is 9.84 Å². The molecule has 0 heterocycles. The number of nitrogens with two attached hydrogens (primary N) is 1. The second-order valence-corrected chi connectivity index (χ2v) is 6.21. The summed E-state index contributed by atoms with van der Waals surface area (Å²) in [5.41, 5.74) is 5.50. The van der Waals surface area contributed by atoms with E-state index in [2.05, 4.69) is 0 Å². The molecule has 0 aromatic carbocycles. The molecule has 3 nitrogen and oxygen atoms in total. The zero-order valence-electron chi connectivity index (χ0n) is 8.08.